The Labute approximate surface area is 125 Å². The van der Waals surface area contributed by atoms with Gasteiger partial charge in [0.05, 0.1) is 14.2 Å². The van der Waals surface area contributed by atoms with Crippen LogP contribution in [0.15, 0.2) is 24.3 Å². The van der Waals surface area contributed by atoms with Gasteiger partial charge in [0.1, 0.15) is 11.3 Å². The first-order valence-corrected chi connectivity index (χ1v) is 7.41. The van der Waals surface area contributed by atoms with E-state index in [1.54, 1.807) is 7.11 Å². The Morgan fingerprint density at radius 2 is 2.24 bits per heavy atom. The number of rotatable bonds is 4. The zero-order valence-corrected chi connectivity index (χ0v) is 12.6. The summed E-state index contributed by atoms with van der Waals surface area (Å²) in [5, 5.41) is 3.47. The van der Waals surface area contributed by atoms with Crippen molar-refractivity contribution < 1.29 is 14.3 Å². The van der Waals surface area contributed by atoms with Gasteiger partial charge in [-0.3, -0.25) is 0 Å². The van der Waals surface area contributed by atoms with Crippen LogP contribution < -0.4 is 10.1 Å². The number of nitrogens with zero attached hydrogens (tertiary/aromatic N) is 1. The smallest absolute Gasteiger partial charge is 0.331 e. The molecule has 2 heterocycles. The first kappa shape index (κ1) is 14.2. The maximum absolute atomic E-state index is 12.5. The van der Waals surface area contributed by atoms with E-state index in [4.69, 9.17) is 9.47 Å². The lowest BCUT2D eigenvalue weighted by Crippen LogP contribution is -2.57. The lowest BCUT2D eigenvalue weighted by atomic mass is 9.78. The van der Waals surface area contributed by atoms with E-state index in [2.05, 4.69) is 10.2 Å². The van der Waals surface area contributed by atoms with Gasteiger partial charge in [0.15, 0.2) is 0 Å². The maximum Gasteiger partial charge on any atom is 0.331 e. The Bertz CT molecular complexity index is 534. The first-order chi connectivity index (χ1) is 10.2. The molecule has 2 bridgehead atoms. The van der Waals surface area contributed by atoms with Gasteiger partial charge in [0.25, 0.3) is 0 Å². The van der Waals surface area contributed by atoms with Gasteiger partial charge < -0.3 is 19.7 Å². The molecule has 0 aromatic heterocycles. The summed E-state index contributed by atoms with van der Waals surface area (Å²) in [7, 11) is 3.11. The van der Waals surface area contributed by atoms with Crippen LogP contribution in [0.4, 0.5) is 5.69 Å². The van der Waals surface area contributed by atoms with Crippen LogP contribution in [-0.2, 0) is 9.53 Å². The zero-order valence-electron chi connectivity index (χ0n) is 12.6. The predicted molar refractivity (Wildman–Crippen MR) is 80.5 cm³/mol. The monoisotopic (exact) mass is 290 g/mol. The van der Waals surface area contributed by atoms with Crippen LogP contribution in [0.5, 0.6) is 5.75 Å². The summed E-state index contributed by atoms with van der Waals surface area (Å²) < 4.78 is 10.4. The van der Waals surface area contributed by atoms with E-state index in [1.807, 2.05) is 24.3 Å². The highest BCUT2D eigenvalue weighted by molar-refractivity contribution is 5.85. The SMILES string of the molecule is COC(=O)C1(Nc2cccc(OC)c2)CCN2CCC1C2. The Kier molecular flexibility index (Phi) is 3.76. The van der Waals surface area contributed by atoms with Crippen LogP contribution in [0, 0.1) is 5.92 Å². The van der Waals surface area contributed by atoms with Crippen LogP contribution in [-0.4, -0.2) is 50.3 Å². The quantitative estimate of drug-likeness (QED) is 0.856. The van der Waals surface area contributed by atoms with Gasteiger partial charge in [0.2, 0.25) is 0 Å². The van der Waals surface area contributed by atoms with Crippen LogP contribution >= 0.6 is 0 Å². The fraction of sp³-hybridized carbons (Fsp3) is 0.562. The number of fused-ring (bicyclic) bond motifs is 2. The van der Waals surface area contributed by atoms with Crippen LogP contribution in [0.3, 0.4) is 0 Å². The number of hydrogen-bond donors (Lipinski definition) is 1. The molecule has 2 aliphatic rings. The molecular formula is C16H22N2O3. The number of ether oxygens (including phenoxy) is 2. The summed E-state index contributed by atoms with van der Waals surface area (Å²) >= 11 is 0. The van der Waals surface area contributed by atoms with E-state index in [9.17, 15) is 4.79 Å². The van der Waals surface area contributed by atoms with Crippen molar-refractivity contribution >= 4 is 11.7 Å². The van der Waals surface area contributed by atoms with Gasteiger partial charge >= 0.3 is 5.97 Å². The van der Waals surface area contributed by atoms with Crippen molar-refractivity contribution in [3.8, 4) is 5.75 Å². The van der Waals surface area contributed by atoms with E-state index >= 15 is 0 Å². The number of anilines is 1. The molecule has 3 rings (SSSR count). The van der Waals surface area contributed by atoms with Crippen molar-refractivity contribution in [3.63, 3.8) is 0 Å². The summed E-state index contributed by atoms with van der Waals surface area (Å²) in [6.07, 6.45) is 1.81. The third-order valence-electron chi connectivity index (χ3n) is 4.78. The van der Waals surface area contributed by atoms with Gasteiger partial charge in [-0.15, -0.1) is 0 Å². The molecule has 2 fully saturated rings. The van der Waals surface area contributed by atoms with Crippen molar-refractivity contribution in [2.24, 2.45) is 5.92 Å². The number of esters is 1. The van der Waals surface area contributed by atoms with E-state index in [1.165, 1.54) is 7.11 Å². The Hall–Kier alpha value is -1.75. The van der Waals surface area contributed by atoms with Gasteiger partial charge in [-0.25, -0.2) is 4.79 Å². The molecule has 3 atom stereocenters. The minimum absolute atomic E-state index is 0.156. The van der Waals surface area contributed by atoms with E-state index in [0.717, 1.165) is 43.9 Å². The summed E-state index contributed by atoms with van der Waals surface area (Å²) in [5.41, 5.74) is 0.286. The fourth-order valence-corrected chi connectivity index (χ4v) is 3.60. The Balaban J connectivity index is 1.90. The normalized spacial score (nSPS) is 30.8. The highest BCUT2D eigenvalue weighted by Gasteiger charge is 2.52. The number of hydrogen-bond acceptors (Lipinski definition) is 5. The van der Waals surface area contributed by atoms with E-state index in [-0.39, 0.29) is 5.97 Å². The molecule has 1 aromatic carbocycles. The first-order valence-electron chi connectivity index (χ1n) is 7.41. The van der Waals surface area contributed by atoms with Crippen molar-refractivity contribution in [2.75, 3.05) is 39.2 Å². The highest BCUT2D eigenvalue weighted by Crippen LogP contribution is 2.39. The molecule has 0 saturated carbocycles. The molecular weight excluding hydrogens is 268 g/mol. The molecule has 1 aromatic rings. The lowest BCUT2D eigenvalue weighted by Gasteiger charge is -2.41. The number of nitrogens with one attached hydrogen (secondary N) is 1. The predicted octanol–water partition coefficient (Wildman–Crippen LogP) is 1.74. The molecule has 2 aliphatic heterocycles. The molecule has 3 unspecified atom stereocenters. The third kappa shape index (κ3) is 2.46. The summed E-state index contributed by atoms with van der Waals surface area (Å²) in [6.45, 7) is 2.97. The molecule has 5 heteroatoms. The molecule has 0 amide bonds. The number of carbonyl (C=O) groups excluding carboxylic acids is 1. The maximum atomic E-state index is 12.5. The van der Waals surface area contributed by atoms with E-state index < -0.39 is 5.54 Å². The number of piperidine rings is 1. The van der Waals surface area contributed by atoms with Crippen molar-refractivity contribution in [1.82, 2.24) is 4.90 Å². The summed E-state index contributed by atoms with van der Waals surface area (Å²) in [5.74, 6) is 0.922. The molecule has 5 nitrogen and oxygen atoms in total. The van der Waals surface area contributed by atoms with Crippen molar-refractivity contribution in [3.05, 3.63) is 24.3 Å². The average Bonchev–Trinajstić information content (AvgIpc) is 2.94. The Morgan fingerprint density at radius 3 is 3.00 bits per heavy atom. The fourth-order valence-electron chi connectivity index (χ4n) is 3.60. The summed E-state index contributed by atoms with van der Waals surface area (Å²) in [4.78, 5) is 14.9. The van der Waals surface area contributed by atoms with E-state index in [0.29, 0.717) is 5.92 Å². The van der Waals surface area contributed by atoms with Gasteiger partial charge in [0, 0.05) is 30.8 Å². The van der Waals surface area contributed by atoms with Gasteiger partial charge in [-0.05, 0) is 31.5 Å². The van der Waals surface area contributed by atoms with Crippen molar-refractivity contribution in [2.45, 2.75) is 18.4 Å². The number of benzene rings is 1. The zero-order chi connectivity index (χ0) is 14.9. The molecule has 0 radical (unpaired) electrons. The van der Waals surface area contributed by atoms with Crippen LogP contribution in [0.2, 0.25) is 0 Å². The lowest BCUT2D eigenvalue weighted by molar-refractivity contribution is -0.149. The number of methoxy groups -OCH3 is 2. The summed E-state index contributed by atoms with van der Waals surface area (Å²) in [6, 6.07) is 7.71. The largest absolute Gasteiger partial charge is 0.497 e. The molecule has 1 N–H and O–H groups in total. The molecule has 0 aliphatic carbocycles. The Morgan fingerprint density at radius 1 is 1.38 bits per heavy atom. The average molecular weight is 290 g/mol. The minimum atomic E-state index is -0.617. The molecule has 21 heavy (non-hydrogen) atoms. The van der Waals surface area contributed by atoms with Crippen LogP contribution in [0.25, 0.3) is 0 Å². The second kappa shape index (κ2) is 5.56. The minimum Gasteiger partial charge on any atom is -0.497 e. The highest BCUT2D eigenvalue weighted by atomic mass is 16.5. The second-order valence-electron chi connectivity index (χ2n) is 5.86. The second-order valence-corrected chi connectivity index (χ2v) is 5.86. The molecule has 2 saturated heterocycles. The molecule has 0 spiro atoms. The van der Waals surface area contributed by atoms with Crippen LogP contribution in [0.1, 0.15) is 12.8 Å². The third-order valence-corrected chi connectivity index (χ3v) is 4.78. The standard InChI is InChI=1S/C16H22N2O3/c1-20-14-5-3-4-13(10-14)17-16(15(19)21-2)7-9-18-8-6-12(16)11-18/h3-5,10,12,17H,6-9,11H2,1-2H3. The number of carbonyl (C=O) groups is 1. The van der Waals surface area contributed by atoms with Crippen molar-refractivity contribution in [1.29, 1.82) is 0 Å². The topological polar surface area (TPSA) is 50.8 Å². The van der Waals surface area contributed by atoms with Gasteiger partial charge in [-0.1, -0.05) is 6.07 Å². The molecule has 114 valence electrons. The van der Waals surface area contributed by atoms with Gasteiger partial charge in [-0.2, -0.15) is 0 Å².